The van der Waals surface area contributed by atoms with Crippen molar-refractivity contribution in [2.24, 2.45) is 5.92 Å². The molecule has 1 N–H and O–H groups in total. The number of aromatic nitrogens is 3. The minimum atomic E-state index is -0.183. The van der Waals surface area contributed by atoms with E-state index in [4.69, 9.17) is 4.52 Å². The third-order valence-corrected chi connectivity index (χ3v) is 3.86. The first-order valence-corrected chi connectivity index (χ1v) is 7.41. The van der Waals surface area contributed by atoms with E-state index in [2.05, 4.69) is 30.0 Å². The number of rotatable bonds is 5. The van der Waals surface area contributed by atoms with Crippen LogP contribution in [0.25, 0.3) is 0 Å². The second-order valence-corrected chi connectivity index (χ2v) is 5.55. The standard InChI is InChI=1S/C14H19N5O3/c1-10-16-13(22-17-10)9-19-5-2-11(3-6-19)8-15-14(20)12-4-7-21-18-12/h4,7,11H,2-3,5-6,8-9H2,1H3,(H,15,20). The molecular weight excluding hydrogens is 286 g/mol. The van der Waals surface area contributed by atoms with E-state index in [-0.39, 0.29) is 5.91 Å². The monoisotopic (exact) mass is 305 g/mol. The SMILES string of the molecule is Cc1noc(CN2CCC(CNC(=O)c3ccon3)CC2)n1. The summed E-state index contributed by atoms with van der Waals surface area (Å²) in [7, 11) is 0. The highest BCUT2D eigenvalue weighted by Crippen LogP contribution is 2.18. The van der Waals surface area contributed by atoms with E-state index in [1.54, 1.807) is 6.07 Å². The predicted octanol–water partition coefficient (Wildman–Crippen LogP) is 1.01. The molecule has 2 aromatic heterocycles. The Morgan fingerprint density at radius 2 is 2.23 bits per heavy atom. The van der Waals surface area contributed by atoms with Gasteiger partial charge in [-0.1, -0.05) is 10.3 Å². The molecule has 3 rings (SSSR count). The van der Waals surface area contributed by atoms with Gasteiger partial charge in [0.25, 0.3) is 5.91 Å². The third-order valence-electron chi connectivity index (χ3n) is 3.86. The highest BCUT2D eigenvalue weighted by molar-refractivity contribution is 5.91. The molecule has 1 aliphatic rings. The average Bonchev–Trinajstić information content (AvgIpc) is 3.18. The van der Waals surface area contributed by atoms with E-state index in [1.165, 1.54) is 6.26 Å². The van der Waals surface area contributed by atoms with E-state index >= 15 is 0 Å². The lowest BCUT2D eigenvalue weighted by molar-refractivity contribution is 0.0924. The Balaban J connectivity index is 1.39. The van der Waals surface area contributed by atoms with Gasteiger partial charge in [-0.3, -0.25) is 9.69 Å². The summed E-state index contributed by atoms with van der Waals surface area (Å²) in [5, 5.41) is 10.3. The van der Waals surface area contributed by atoms with Crippen molar-refractivity contribution in [1.29, 1.82) is 0 Å². The predicted molar refractivity (Wildman–Crippen MR) is 75.9 cm³/mol. The van der Waals surface area contributed by atoms with E-state index in [9.17, 15) is 4.79 Å². The molecule has 0 radical (unpaired) electrons. The van der Waals surface area contributed by atoms with E-state index in [1.807, 2.05) is 6.92 Å². The number of hydrogen-bond donors (Lipinski definition) is 1. The molecule has 22 heavy (non-hydrogen) atoms. The van der Waals surface area contributed by atoms with Gasteiger partial charge in [-0.15, -0.1) is 0 Å². The van der Waals surface area contributed by atoms with Crippen LogP contribution in [0.4, 0.5) is 0 Å². The lowest BCUT2D eigenvalue weighted by atomic mass is 9.97. The zero-order valence-electron chi connectivity index (χ0n) is 12.5. The number of nitrogens with one attached hydrogen (secondary N) is 1. The fourth-order valence-corrected chi connectivity index (χ4v) is 2.60. The Kier molecular flexibility index (Phi) is 4.47. The van der Waals surface area contributed by atoms with Gasteiger partial charge in [0.2, 0.25) is 5.89 Å². The molecule has 118 valence electrons. The smallest absolute Gasteiger partial charge is 0.273 e. The van der Waals surface area contributed by atoms with Crippen molar-refractivity contribution < 1.29 is 13.8 Å². The van der Waals surface area contributed by atoms with Gasteiger partial charge in [0.15, 0.2) is 11.5 Å². The summed E-state index contributed by atoms with van der Waals surface area (Å²) < 4.78 is 9.80. The Hall–Kier alpha value is -2.22. The van der Waals surface area contributed by atoms with Crippen LogP contribution in [0.2, 0.25) is 0 Å². The van der Waals surface area contributed by atoms with Crippen LogP contribution in [0.5, 0.6) is 0 Å². The number of aryl methyl sites for hydroxylation is 1. The third kappa shape index (κ3) is 3.70. The van der Waals surface area contributed by atoms with Gasteiger partial charge >= 0.3 is 0 Å². The molecule has 0 saturated carbocycles. The summed E-state index contributed by atoms with van der Waals surface area (Å²) in [5.74, 6) is 1.63. The quantitative estimate of drug-likeness (QED) is 0.880. The molecule has 2 aromatic rings. The van der Waals surface area contributed by atoms with Crippen LogP contribution >= 0.6 is 0 Å². The Labute approximate surface area is 127 Å². The van der Waals surface area contributed by atoms with Crippen LogP contribution in [0.15, 0.2) is 21.4 Å². The highest BCUT2D eigenvalue weighted by atomic mass is 16.5. The summed E-state index contributed by atoms with van der Waals surface area (Å²) in [6, 6.07) is 1.56. The summed E-state index contributed by atoms with van der Waals surface area (Å²) in [4.78, 5) is 18.3. The normalized spacial score (nSPS) is 16.8. The molecule has 0 aliphatic carbocycles. The number of hydrogen-bond acceptors (Lipinski definition) is 7. The molecule has 0 aromatic carbocycles. The van der Waals surface area contributed by atoms with Gasteiger partial charge in [-0.2, -0.15) is 4.98 Å². The van der Waals surface area contributed by atoms with Gasteiger partial charge in [-0.25, -0.2) is 0 Å². The van der Waals surface area contributed by atoms with Crippen molar-refractivity contribution >= 4 is 5.91 Å². The lowest BCUT2D eigenvalue weighted by Crippen LogP contribution is -2.38. The first-order chi connectivity index (χ1) is 10.7. The van der Waals surface area contributed by atoms with Crippen LogP contribution in [0.3, 0.4) is 0 Å². The second-order valence-electron chi connectivity index (χ2n) is 5.55. The fraction of sp³-hybridized carbons (Fsp3) is 0.571. The van der Waals surface area contributed by atoms with Crippen LogP contribution in [-0.4, -0.2) is 45.7 Å². The first-order valence-electron chi connectivity index (χ1n) is 7.41. The van der Waals surface area contributed by atoms with Crippen molar-refractivity contribution in [2.75, 3.05) is 19.6 Å². The number of carbonyl (C=O) groups is 1. The van der Waals surface area contributed by atoms with E-state index < -0.39 is 0 Å². The van der Waals surface area contributed by atoms with Gasteiger partial charge < -0.3 is 14.4 Å². The molecule has 1 saturated heterocycles. The number of likely N-dealkylation sites (tertiary alicyclic amines) is 1. The number of piperidine rings is 1. The topological polar surface area (TPSA) is 97.3 Å². The highest BCUT2D eigenvalue weighted by Gasteiger charge is 2.21. The number of nitrogens with zero attached hydrogens (tertiary/aromatic N) is 4. The lowest BCUT2D eigenvalue weighted by Gasteiger charge is -2.30. The minimum absolute atomic E-state index is 0.183. The van der Waals surface area contributed by atoms with Crippen LogP contribution in [0.1, 0.15) is 35.0 Å². The molecule has 1 amide bonds. The maximum Gasteiger partial charge on any atom is 0.273 e. The maximum absolute atomic E-state index is 11.8. The summed E-state index contributed by atoms with van der Waals surface area (Å²) >= 11 is 0. The van der Waals surface area contributed by atoms with Gasteiger partial charge in [0.1, 0.15) is 6.26 Å². The molecule has 1 fully saturated rings. The number of carbonyl (C=O) groups excluding carboxylic acids is 1. The van der Waals surface area contributed by atoms with Crippen LogP contribution < -0.4 is 5.32 Å². The molecule has 0 atom stereocenters. The second kappa shape index (κ2) is 6.69. The first kappa shape index (κ1) is 14.7. The minimum Gasteiger partial charge on any atom is -0.364 e. The molecule has 3 heterocycles. The van der Waals surface area contributed by atoms with Crippen molar-refractivity contribution in [3.63, 3.8) is 0 Å². The van der Waals surface area contributed by atoms with Gasteiger partial charge in [0.05, 0.1) is 6.54 Å². The van der Waals surface area contributed by atoms with Crippen LogP contribution in [-0.2, 0) is 6.54 Å². The van der Waals surface area contributed by atoms with Crippen LogP contribution in [0, 0.1) is 12.8 Å². The fourth-order valence-electron chi connectivity index (χ4n) is 2.60. The Morgan fingerprint density at radius 3 is 2.86 bits per heavy atom. The van der Waals surface area contributed by atoms with E-state index in [0.29, 0.717) is 36.4 Å². The molecule has 8 heteroatoms. The van der Waals surface area contributed by atoms with Gasteiger partial charge in [0, 0.05) is 12.6 Å². The summed E-state index contributed by atoms with van der Waals surface area (Å²) in [5.41, 5.74) is 0.323. The average molecular weight is 305 g/mol. The summed E-state index contributed by atoms with van der Waals surface area (Å²) in [6.07, 6.45) is 3.46. The van der Waals surface area contributed by atoms with Crippen molar-refractivity contribution in [3.8, 4) is 0 Å². The molecule has 0 unspecified atom stereocenters. The molecule has 0 spiro atoms. The summed E-state index contributed by atoms with van der Waals surface area (Å²) in [6.45, 7) is 5.10. The molecule has 8 nitrogen and oxygen atoms in total. The van der Waals surface area contributed by atoms with Crippen molar-refractivity contribution in [3.05, 3.63) is 29.7 Å². The largest absolute Gasteiger partial charge is 0.364 e. The van der Waals surface area contributed by atoms with E-state index in [0.717, 1.165) is 25.9 Å². The molecular formula is C14H19N5O3. The Bertz CT molecular complexity index is 602. The van der Waals surface area contributed by atoms with Gasteiger partial charge in [-0.05, 0) is 38.8 Å². The zero-order chi connectivity index (χ0) is 15.4. The zero-order valence-corrected chi connectivity index (χ0v) is 12.5. The molecule has 0 bridgehead atoms. The number of amides is 1. The van der Waals surface area contributed by atoms with Crippen molar-refractivity contribution in [1.82, 2.24) is 25.5 Å². The molecule has 1 aliphatic heterocycles. The maximum atomic E-state index is 11.8. The van der Waals surface area contributed by atoms with Crippen molar-refractivity contribution in [2.45, 2.75) is 26.3 Å². The Morgan fingerprint density at radius 1 is 1.41 bits per heavy atom.